The lowest BCUT2D eigenvalue weighted by molar-refractivity contribution is -0.123. The number of halogens is 1. The lowest BCUT2D eigenvalue weighted by Crippen LogP contribution is -2.60. The standard InChI is InChI=1S/C38H45FN8O/c1-4-25-10-6-11-26-20-29-27(22-42-45-29)32(31(25)26)35-33(39)34-28(21-40-35)36(46-17-9-15-38(23-46,24(3)48)41-5-2)44-30(43-34)12-16-37-13-7-18-47(37)19-8-14-37/h5,10,20-22,41H,2,4,6-9,11-19,23H2,1,3H3,(H,42,45). The monoisotopic (exact) mass is 648 g/mol. The molecule has 1 unspecified atom stereocenters. The Morgan fingerprint density at radius 3 is 2.69 bits per heavy atom. The molecule has 2 N–H and O–H groups in total. The number of rotatable bonds is 9. The van der Waals surface area contributed by atoms with Crippen LogP contribution in [0.2, 0.25) is 0 Å². The molecular formula is C38H45FN8O. The third kappa shape index (κ3) is 4.94. The van der Waals surface area contributed by atoms with Gasteiger partial charge in [0, 0.05) is 42.2 Å². The third-order valence-electron chi connectivity index (χ3n) is 11.8. The Morgan fingerprint density at radius 2 is 1.92 bits per heavy atom. The van der Waals surface area contributed by atoms with Crippen molar-refractivity contribution in [2.45, 2.75) is 95.6 Å². The van der Waals surface area contributed by atoms with Crippen LogP contribution in [0, 0.1) is 5.82 Å². The average Bonchev–Trinajstić information content (AvgIpc) is 3.83. The molecule has 0 spiro atoms. The molecule has 48 heavy (non-hydrogen) atoms. The van der Waals surface area contributed by atoms with Crippen LogP contribution in [0.5, 0.6) is 0 Å². The van der Waals surface area contributed by atoms with Crippen molar-refractivity contribution in [1.29, 1.82) is 0 Å². The first-order valence-corrected chi connectivity index (χ1v) is 17.8. The number of ketones is 1. The zero-order valence-corrected chi connectivity index (χ0v) is 28.2. The second-order valence-corrected chi connectivity index (χ2v) is 14.3. The number of aromatic amines is 1. The molecule has 4 aromatic rings. The Balaban J connectivity index is 1.30. The van der Waals surface area contributed by atoms with Crippen molar-refractivity contribution in [3.8, 4) is 11.3 Å². The highest BCUT2D eigenvalue weighted by atomic mass is 19.1. The fraction of sp³-hybridized carbons (Fsp3) is 0.500. The summed E-state index contributed by atoms with van der Waals surface area (Å²) in [6.07, 6.45) is 18.1. The van der Waals surface area contributed by atoms with Crippen molar-refractivity contribution in [2.24, 2.45) is 0 Å². The van der Waals surface area contributed by atoms with Gasteiger partial charge in [-0.2, -0.15) is 5.10 Å². The summed E-state index contributed by atoms with van der Waals surface area (Å²) in [4.78, 5) is 32.8. The quantitative estimate of drug-likeness (QED) is 0.208. The number of carbonyl (C=O) groups excluding carboxylic acids is 1. The number of hydrogen-bond acceptors (Lipinski definition) is 8. The van der Waals surface area contributed by atoms with Gasteiger partial charge in [0.25, 0.3) is 0 Å². The Hall–Kier alpha value is -4.18. The first-order chi connectivity index (χ1) is 23.4. The molecule has 1 atom stereocenters. The number of carbonyl (C=O) groups is 1. The molecule has 1 aromatic carbocycles. The zero-order chi connectivity index (χ0) is 33.0. The molecule has 0 amide bonds. The molecule has 3 saturated heterocycles. The number of benzene rings is 1. The highest BCUT2D eigenvalue weighted by molar-refractivity contribution is 6.03. The number of allylic oxidation sites excluding steroid dienone is 2. The number of fused-ring (bicyclic) bond motifs is 4. The topological polar surface area (TPSA) is 103 Å². The number of anilines is 1. The lowest BCUT2D eigenvalue weighted by atomic mass is 9.83. The van der Waals surface area contributed by atoms with E-state index in [9.17, 15) is 4.79 Å². The van der Waals surface area contributed by atoms with Crippen molar-refractivity contribution in [1.82, 2.24) is 35.4 Å². The van der Waals surface area contributed by atoms with E-state index in [1.54, 1.807) is 25.5 Å². The van der Waals surface area contributed by atoms with Gasteiger partial charge in [-0.1, -0.05) is 19.6 Å². The number of hydrogen-bond donors (Lipinski definition) is 2. The largest absolute Gasteiger partial charge is 0.378 e. The smallest absolute Gasteiger partial charge is 0.175 e. The molecule has 3 aliphatic heterocycles. The summed E-state index contributed by atoms with van der Waals surface area (Å²) in [6, 6.07) is 2.16. The molecule has 0 saturated carbocycles. The van der Waals surface area contributed by atoms with E-state index < -0.39 is 11.4 Å². The number of nitrogens with zero attached hydrogens (tertiary/aromatic N) is 6. The number of pyridine rings is 1. The SMILES string of the molecule is C=CNC1(C(C)=O)CCCN(c2nc(CCC34CCCN3CCC4)nc3c(F)c(-c4c5c(cc6[nH]ncc46)CCC=C5CC)ncc23)C1. The van der Waals surface area contributed by atoms with E-state index >= 15 is 4.39 Å². The van der Waals surface area contributed by atoms with Gasteiger partial charge in [-0.25, -0.2) is 14.4 Å². The molecule has 10 heteroatoms. The van der Waals surface area contributed by atoms with Crippen LogP contribution in [0.3, 0.4) is 0 Å². The molecular weight excluding hydrogens is 603 g/mol. The minimum Gasteiger partial charge on any atom is -0.378 e. The Kier molecular flexibility index (Phi) is 7.81. The number of aromatic nitrogens is 5. The van der Waals surface area contributed by atoms with Crippen molar-refractivity contribution in [2.75, 3.05) is 31.1 Å². The van der Waals surface area contributed by atoms with Crippen molar-refractivity contribution in [3.05, 3.63) is 60.1 Å². The molecule has 8 rings (SSSR count). The van der Waals surface area contributed by atoms with Crippen LogP contribution in [0.4, 0.5) is 10.2 Å². The van der Waals surface area contributed by atoms with E-state index in [1.165, 1.54) is 36.8 Å². The summed E-state index contributed by atoms with van der Waals surface area (Å²) in [5.41, 5.74) is 5.12. The van der Waals surface area contributed by atoms with E-state index in [1.807, 2.05) is 0 Å². The summed E-state index contributed by atoms with van der Waals surface area (Å²) in [5, 5.41) is 12.2. The van der Waals surface area contributed by atoms with E-state index in [2.05, 4.69) is 51.0 Å². The normalized spacial score (nSPS) is 22.1. The summed E-state index contributed by atoms with van der Waals surface area (Å²) < 4.78 is 17.4. The second-order valence-electron chi connectivity index (χ2n) is 14.3. The zero-order valence-electron chi connectivity index (χ0n) is 28.2. The number of Topliss-reactive ketones (excluding diaryl/α,β-unsaturated/α-hetero) is 1. The van der Waals surface area contributed by atoms with Gasteiger partial charge in [-0.15, -0.1) is 0 Å². The summed E-state index contributed by atoms with van der Waals surface area (Å²) in [6.45, 7) is 11.1. The Labute approximate surface area is 281 Å². The maximum Gasteiger partial charge on any atom is 0.175 e. The molecule has 9 nitrogen and oxygen atoms in total. The molecule has 0 radical (unpaired) electrons. The predicted octanol–water partition coefficient (Wildman–Crippen LogP) is 6.67. The minimum absolute atomic E-state index is 0.0525. The van der Waals surface area contributed by atoms with Crippen LogP contribution in [0.1, 0.15) is 88.6 Å². The molecule has 3 fully saturated rings. The van der Waals surface area contributed by atoms with Gasteiger partial charge in [0.05, 0.1) is 17.1 Å². The molecule has 4 aliphatic rings. The highest BCUT2D eigenvalue weighted by Crippen LogP contribution is 2.44. The summed E-state index contributed by atoms with van der Waals surface area (Å²) in [5.74, 6) is 0.913. The molecule has 0 bridgehead atoms. The van der Waals surface area contributed by atoms with Crippen LogP contribution in [0.25, 0.3) is 38.6 Å². The van der Waals surface area contributed by atoms with Crippen molar-refractivity contribution >= 4 is 39.0 Å². The average molecular weight is 649 g/mol. The van der Waals surface area contributed by atoms with Gasteiger partial charge in [-0.3, -0.25) is 19.8 Å². The Morgan fingerprint density at radius 1 is 1.10 bits per heavy atom. The minimum atomic E-state index is -0.782. The van der Waals surface area contributed by atoms with Crippen LogP contribution >= 0.6 is 0 Å². The molecule has 6 heterocycles. The van der Waals surface area contributed by atoms with Gasteiger partial charge in [0.1, 0.15) is 28.4 Å². The van der Waals surface area contributed by atoms with Crippen LogP contribution in [0.15, 0.2) is 37.3 Å². The maximum atomic E-state index is 17.4. The summed E-state index contributed by atoms with van der Waals surface area (Å²) in [7, 11) is 0. The van der Waals surface area contributed by atoms with Crippen LogP contribution in [-0.4, -0.2) is 73.1 Å². The number of aryl methyl sites for hydroxylation is 2. The fourth-order valence-electron chi connectivity index (χ4n) is 9.31. The fourth-order valence-corrected chi connectivity index (χ4v) is 9.31. The molecule has 250 valence electrons. The molecule has 1 aliphatic carbocycles. The Bertz CT molecular complexity index is 1960. The van der Waals surface area contributed by atoms with Crippen LogP contribution in [-0.2, 0) is 17.6 Å². The lowest BCUT2D eigenvalue weighted by Gasteiger charge is -2.42. The van der Waals surface area contributed by atoms with Crippen LogP contribution < -0.4 is 10.2 Å². The summed E-state index contributed by atoms with van der Waals surface area (Å²) >= 11 is 0. The van der Waals surface area contributed by atoms with Gasteiger partial charge >= 0.3 is 0 Å². The van der Waals surface area contributed by atoms with Gasteiger partial charge in [-0.05, 0) is 113 Å². The van der Waals surface area contributed by atoms with E-state index in [0.717, 1.165) is 67.2 Å². The number of piperidine rings is 1. The third-order valence-corrected chi connectivity index (χ3v) is 11.8. The van der Waals surface area contributed by atoms with E-state index in [-0.39, 0.29) is 16.8 Å². The van der Waals surface area contributed by atoms with Gasteiger partial charge in [0.15, 0.2) is 11.6 Å². The van der Waals surface area contributed by atoms with Crippen molar-refractivity contribution in [3.63, 3.8) is 0 Å². The highest BCUT2D eigenvalue weighted by Gasteiger charge is 2.44. The second kappa shape index (κ2) is 12.1. The molecule has 3 aromatic heterocycles. The predicted molar refractivity (Wildman–Crippen MR) is 188 cm³/mol. The van der Waals surface area contributed by atoms with Crippen molar-refractivity contribution < 1.29 is 9.18 Å². The first kappa shape index (κ1) is 31.1. The van der Waals surface area contributed by atoms with Gasteiger partial charge < -0.3 is 10.2 Å². The van der Waals surface area contributed by atoms with E-state index in [4.69, 9.17) is 15.0 Å². The number of H-pyrrole nitrogens is 1. The van der Waals surface area contributed by atoms with E-state index in [0.29, 0.717) is 48.7 Å². The first-order valence-electron chi connectivity index (χ1n) is 17.8. The van der Waals surface area contributed by atoms with Gasteiger partial charge in [0.2, 0.25) is 0 Å². The maximum absolute atomic E-state index is 17.4. The number of nitrogens with one attached hydrogen (secondary N) is 2.